The van der Waals surface area contributed by atoms with Crippen molar-refractivity contribution in [3.8, 4) is 5.75 Å². The summed E-state index contributed by atoms with van der Waals surface area (Å²) >= 11 is 7.72. The lowest BCUT2D eigenvalue weighted by atomic mass is 10.00. The molecule has 14 heteroatoms. The van der Waals surface area contributed by atoms with Gasteiger partial charge in [0, 0.05) is 56.3 Å². The number of imidazole rings is 1. The second-order valence-corrected chi connectivity index (χ2v) is 11.4. The number of thiophene rings is 1. The minimum absolute atomic E-state index is 0.0155. The van der Waals surface area contributed by atoms with E-state index in [4.69, 9.17) is 26.1 Å². The number of anilines is 1. The first-order chi connectivity index (χ1) is 19.8. The number of carboxylic acids is 1. The van der Waals surface area contributed by atoms with Crippen molar-refractivity contribution in [2.45, 2.75) is 32.5 Å². The molecule has 0 aromatic carbocycles. The molecule has 3 aromatic rings. The van der Waals surface area contributed by atoms with E-state index in [1.54, 1.807) is 34.2 Å². The van der Waals surface area contributed by atoms with Crippen molar-refractivity contribution < 1.29 is 29.0 Å². The van der Waals surface area contributed by atoms with Crippen LogP contribution in [-0.4, -0.2) is 93.2 Å². The molecule has 1 N–H and O–H groups in total. The number of hydrogen-bond acceptors (Lipinski definition) is 9. The van der Waals surface area contributed by atoms with Gasteiger partial charge in [0.2, 0.25) is 5.91 Å². The highest BCUT2D eigenvalue weighted by atomic mass is 35.5. The molecule has 0 radical (unpaired) electrons. The Labute approximate surface area is 245 Å². The van der Waals surface area contributed by atoms with Gasteiger partial charge in [-0.15, -0.1) is 11.3 Å². The third-order valence-electron chi connectivity index (χ3n) is 7.64. The second kappa shape index (κ2) is 11.3. The van der Waals surface area contributed by atoms with Crippen molar-refractivity contribution >= 4 is 46.5 Å². The van der Waals surface area contributed by atoms with E-state index in [1.165, 1.54) is 11.3 Å². The van der Waals surface area contributed by atoms with E-state index < -0.39 is 12.0 Å². The number of pyridine rings is 1. The number of hydrogen-bond donors (Lipinski definition) is 1. The zero-order valence-electron chi connectivity index (χ0n) is 22.4. The number of amides is 2. The molecule has 3 aliphatic rings. The summed E-state index contributed by atoms with van der Waals surface area (Å²) in [7, 11) is 0. The molecule has 41 heavy (non-hydrogen) atoms. The Balaban J connectivity index is 1.26. The van der Waals surface area contributed by atoms with Gasteiger partial charge in [0.05, 0.1) is 36.7 Å². The van der Waals surface area contributed by atoms with Gasteiger partial charge in [0.1, 0.15) is 17.7 Å². The lowest BCUT2D eigenvalue weighted by Gasteiger charge is -2.37. The van der Waals surface area contributed by atoms with Crippen LogP contribution in [0.5, 0.6) is 5.75 Å². The number of aromatic carboxylic acids is 1. The lowest BCUT2D eigenvalue weighted by molar-refractivity contribution is -0.135. The van der Waals surface area contributed by atoms with E-state index >= 15 is 0 Å². The summed E-state index contributed by atoms with van der Waals surface area (Å²) in [5.41, 5.74) is 1.88. The lowest BCUT2D eigenvalue weighted by Crippen LogP contribution is -2.44. The number of aromatic nitrogens is 3. The summed E-state index contributed by atoms with van der Waals surface area (Å²) < 4.78 is 13.3. The first-order valence-electron chi connectivity index (χ1n) is 13.4. The van der Waals surface area contributed by atoms with Crippen molar-refractivity contribution in [1.29, 1.82) is 0 Å². The highest BCUT2D eigenvalue weighted by Crippen LogP contribution is 2.40. The number of carbonyl (C=O) groups excluding carboxylic acids is 2. The van der Waals surface area contributed by atoms with E-state index in [9.17, 15) is 19.5 Å². The maximum absolute atomic E-state index is 13.7. The number of rotatable bonds is 6. The molecule has 6 rings (SSSR count). The smallest absolute Gasteiger partial charge is 0.336 e. The molecule has 0 saturated carbocycles. The Kier molecular flexibility index (Phi) is 7.58. The van der Waals surface area contributed by atoms with Crippen LogP contribution in [0.2, 0.25) is 5.15 Å². The molecular formula is C27H29ClN6O6S. The zero-order chi connectivity index (χ0) is 28.7. The summed E-state index contributed by atoms with van der Waals surface area (Å²) in [5, 5.41) is 11.3. The summed E-state index contributed by atoms with van der Waals surface area (Å²) in [6, 6.07) is 4.61. The number of carbonyl (C=O) groups is 3. The highest BCUT2D eigenvalue weighted by molar-refractivity contribution is 7.10. The fraction of sp³-hybridized carbons (Fsp3) is 0.444. The van der Waals surface area contributed by atoms with Gasteiger partial charge in [-0.3, -0.25) is 9.59 Å². The van der Waals surface area contributed by atoms with Crippen LogP contribution in [0.1, 0.15) is 45.4 Å². The number of nitrogens with zero attached hydrogens (tertiary/aromatic N) is 6. The van der Waals surface area contributed by atoms with Crippen molar-refractivity contribution in [3.05, 3.63) is 56.4 Å². The quantitative estimate of drug-likeness (QED) is 0.424. The fourth-order valence-electron chi connectivity index (χ4n) is 5.55. The maximum Gasteiger partial charge on any atom is 0.336 e. The highest BCUT2D eigenvalue weighted by Gasteiger charge is 2.39. The van der Waals surface area contributed by atoms with Crippen molar-refractivity contribution in [2.24, 2.45) is 0 Å². The molecule has 6 heterocycles. The number of carboxylic acid groups (broad SMARTS) is 1. The Morgan fingerprint density at radius 2 is 1.95 bits per heavy atom. The van der Waals surface area contributed by atoms with Crippen LogP contribution in [0.25, 0.3) is 0 Å². The minimum Gasteiger partial charge on any atom is -0.481 e. The Hall–Kier alpha value is -3.68. The summed E-state index contributed by atoms with van der Waals surface area (Å²) in [5.74, 6) is 0.484. The Morgan fingerprint density at radius 3 is 2.66 bits per heavy atom. The molecular weight excluding hydrogens is 572 g/mol. The van der Waals surface area contributed by atoms with Crippen LogP contribution in [0, 0.1) is 0 Å². The van der Waals surface area contributed by atoms with Gasteiger partial charge >= 0.3 is 5.97 Å². The molecule has 0 bridgehead atoms. The van der Waals surface area contributed by atoms with E-state index in [0.717, 1.165) is 41.0 Å². The zero-order valence-corrected chi connectivity index (χ0v) is 24.0. The van der Waals surface area contributed by atoms with E-state index in [0.29, 0.717) is 51.6 Å². The third-order valence-corrected chi connectivity index (χ3v) is 8.89. The molecule has 1 atom stereocenters. The van der Waals surface area contributed by atoms with Gasteiger partial charge in [-0.1, -0.05) is 11.6 Å². The van der Waals surface area contributed by atoms with Gasteiger partial charge in [0.15, 0.2) is 17.5 Å². The van der Waals surface area contributed by atoms with Crippen LogP contribution >= 0.6 is 22.9 Å². The molecule has 3 aliphatic heterocycles. The fourth-order valence-corrected chi connectivity index (χ4v) is 6.74. The molecule has 0 spiro atoms. The second-order valence-electron chi connectivity index (χ2n) is 10.1. The van der Waals surface area contributed by atoms with Crippen LogP contribution in [0.15, 0.2) is 23.6 Å². The topological polar surface area (TPSA) is 130 Å². The molecule has 1 fully saturated rings. The van der Waals surface area contributed by atoms with Gasteiger partial charge < -0.3 is 33.8 Å². The summed E-state index contributed by atoms with van der Waals surface area (Å²) in [6.45, 7) is 5.81. The Bertz CT molecular complexity index is 1500. The average molecular weight is 601 g/mol. The monoisotopic (exact) mass is 600 g/mol. The molecule has 216 valence electrons. The van der Waals surface area contributed by atoms with Crippen LogP contribution in [-0.2, 0) is 33.8 Å². The van der Waals surface area contributed by atoms with Crippen molar-refractivity contribution in [3.63, 3.8) is 0 Å². The van der Waals surface area contributed by atoms with Crippen molar-refractivity contribution in [2.75, 3.05) is 50.9 Å². The predicted octanol–water partition coefficient (Wildman–Crippen LogP) is 2.44. The number of halogens is 1. The average Bonchev–Trinajstić information content (AvgIpc) is 3.61. The number of ether oxygens (including phenoxy) is 2. The molecule has 3 aromatic heterocycles. The van der Waals surface area contributed by atoms with Crippen LogP contribution in [0.3, 0.4) is 0 Å². The van der Waals surface area contributed by atoms with Gasteiger partial charge in [0.25, 0.3) is 5.91 Å². The van der Waals surface area contributed by atoms with Crippen molar-refractivity contribution in [1.82, 2.24) is 24.3 Å². The molecule has 1 unspecified atom stereocenters. The number of morpholine rings is 1. The normalized spacial score (nSPS) is 18.6. The molecule has 0 aliphatic carbocycles. The van der Waals surface area contributed by atoms with E-state index in [-0.39, 0.29) is 29.1 Å². The standard InChI is InChI=1S/C27H29ClN6O6S/c1-16(35)32-6-7-33-22(13-32)29-18-4-5-34(25(24(18)33)20-12-17(15-41-20)27(37)38)23(36)14-40-19-2-3-21(30-26(19)28)31-8-10-39-11-9-31/h2-3,12,15,25H,4-11,13-14H2,1H3,(H,37,38). The maximum atomic E-state index is 13.7. The third kappa shape index (κ3) is 5.36. The van der Waals surface area contributed by atoms with E-state index in [2.05, 4.69) is 14.5 Å². The first kappa shape index (κ1) is 27.5. The van der Waals surface area contributed by atoms with Gasteiger partial charge in [-0.2, -0.15) is 0 Å². The largest absolute Gasteiger partial charge is 0.481 e. The minimum atomic E-state index is -1.03. The first-order valence-corrected chi connectivity index (χ1v) is 14.6. The number of fused-ring (bicyclic) bond motifs is 3. The Morgan fingerprint density at radius 1 is 1.15 bits per heavy atom. The SMILES string of the molecule is CC(=O)N1CCn2c(nc3c2C(c2cc(C(=O)O)cs2)N(C(=O)COc2ccc(N4CCOCC4)nc2Cl)CC3)C1. The van der Waals surface area contributed by atoms with E-state index in [1.807, 2.05) is 6.07 Å². The predicted molar refractivity (Wildman–Crippen MR) is 150 cm³/mol. The van der Waals surface area contributed by atoms with Crippen LogP contribution in [0.4, 0.5) is 5.82 Å². The summed E-state index contributed by atoms with van der Waals surface area (Å²) in [6.07, 6.45) is 0.533. The molecule has 2 amide bonds. The molecule has 1 saturated heterocycles. The summed E-state index contributed by atoms with van der Waals surface area (Å²) in [4.78, 5) is 52.9. The van der Waals surface area contributed by atoms with Gasteiger partial charge in [-0.05, 0) is 18.2 Å². The van der Waals surface area contributed by atoms with Crippen LogP contribution < -0.4 is 9.64 Å². The molecule has 12 nitrogen and oxygen atoms in total. The van der Waals surface area contributed by atoms with Gasteiger partial charge in [-0.25, -0.2) is 14.8 Å².